The zero-order chi connectivity index (χ0) is 11.3. The lowest BCUT2D eigenvalue weighted by atomic mass is 10.3. The summed E-state index contributed by atoms with van der Waals surface area (Å²) in [7, 11) is 1.56. The summed E-state index contributed by atoms with van der Waals surface area (Å²) >= 11 is 3.33. The fourth-order valence-electron chi connectivity index (χ4n) is 1.10. The largest absolute Gasteiger partial charge is 0.495 e. The second-order valence-electron chi connectivity index (χ2n) is 2.83. The first kappa shape index (κ1) is 11.8. The van der Waals surface area contributed by atoms with E-state index in [1.165, 1.54) is 6.08 Å². The second kappa shape index (κ2) is 5.56. The van der Waals surface area contributed by atoms with Crippen LogP contribution in [0, 0.1) is 0 Å². The third-order valence-corrected chi connectivity index (χ3v) is 2.23. The molecule has 1 aromatic rings. The molecule has 0 fully saturated rings. The molecule has 0 saturated carbocycles. The third-order valence-electron chi connectivity index (χ3n) is 1.74. The first-order valence-corrected chi connectivity index (χ1v) is 5.24. The number of amides is 1. The van der Waals surface area contributed by atoms with Crippen molar-refractivity contribution >= 4 is 27.5 Å². The molecule has 1 amide bonds. The monoisotopic (exact) mass is 269 g/mol. The Bertz CT molecular complexity index is 388. The molecule has 0 unspecified atom stereocenters. The molecular formula is C11H12BrNO2. The summed E-state index contributed by atoms with van der Waals surface area (Å²) in [5.74, 6) is 0.463. The van der Waals surface area contributed by atoms with Gasteiger partial charge in [-0.2, -0.15) is 0 Å². The quantitative estimate of drug-likeness (QED) is 0.857. The van der Waals surface area contributed by atoms with Crippen LogP contribution >= 0.6 is 15.9 Å². The Kier molecular flexibility index (Phi) is 4.37. The van der Waals surface area contributed by atoms with Crippen molar-refractivity contribution in [2.75, 3.05) is 12.4 Å². The Hall–Kier alpha value is -1.29. The molecule has 4 heteroatoms. The lowest BCUT2D eigenvalue weighted by Gasteiger charge is -2.08. The third kappa shape index (κ3) is 3.40. The van der Waals surface area contributed by atoms with Gasteiger partial charge < -0.3 is 10.1 Å². The highest BCUT2D eigenvalue weighted by Gasteiger charge is 2.05. The van der Waals surface area contributed by atoms with Crippen LogP contribution in [0.3, 0.4) is 0 Å². The minimum Gasteiger partial charge on any atom is -0.495 e. The van der Waals surface area contributed by atoms with E-state index in [2.05, 4.69) is 21.2 Å². The number of ether oxygens (including phenoxy) is 1. The summed E-state index contributed by atoms with van der Waals surface area (Å²) in [6, 6.07) is 5.43. The van der Waals surface area contributed by atoms with Crippen molar-refractivity contribution < 1.29 is 9.53 Å². The van der Waals surface area contributed by atoms with Gasteiger partial charge >= 0.3 is 0 Å². The molecule has 0 aliphatic rings. The van der Waals surface area contributed by atoms with Gasteiger partial charge in [0.2, 0.25) is 5.91 Å². The van der Waals surface area contributed by atoms with E-state index >= 15 is 0 Å². The van der Waals surface area contributed by atoms with Crippen LogP contribution in [0.25, 0.3) is 0 Å². The van der Waals surface area contributed by atoms with Crippen LogP contribution in [-0.2, 0) is 4.79 Å². The van der Waals surface area contributed by atoms with Crippen molar-refractivity contribution in [1.82, 2.24) is 0 Å². The molecular weight excluding hydrogens is 258 g/mol. The molecule has 1 rings (SSSR count). The van der Waals surface area contributed by atoms with Crippen LogP contribution in [0.4, 0.5) is 5.69 Å². The van der Waals surface area contributed by atoms with Crippen molar-refractivity contribution in [1.29, 1.82) is 0 Å². The maximum Gasteiger partial charge on any atom is 0.248 e. The molecule has 0 atom stereocenters. The Morgan fingerprint density at radius 2 is 2.27 bits per heavy atom. The Labute approximate surface area is 97.3 Å². The second-order valence-corrected chi connectivity index (χ2v) is 3.75. The highest BCUT2D eigenvalue weighted by atomic mass is 79.9. The predicted octanol–water partition coefficient (Wildman–Crippen LogP) is 2.97. The molecule has 0 bridgehead atoms. The van der Waals surface area contributed by atoms with Crippen LogP contribution in [0.1, 0.15) is 6.92 Å². The van der Waals surface area contributed by atoms with Crippen molar-refractivity contribution in [2.45, 2.75) is 6.92 Å². The zero-order valence-electron chi connectivity index (χ0n) is 8.58. The summed E-state index contributed by atoms with van der Waals surface area (Å²) < 4.78 is 6.01. The van der Waals surface area contributed by atoms with E-state index in [-0.39, 0.29) is 5.91 Å². The van der Waals surface area contributed by atoms with Crippen molar-refractivity contribution in [3.05, 3.63) is 34.8 Å². The van der Waals surface area contributed by atoms with E-state index in [0.29, 0.717) is 11.4 Å². The molecule has 0 aliphatic heterocycles. The Balaban J connectivity index is 2.91. The van der Waals surface area contributed by atoms with Crippen molar-refractivity contribution in [3.8, 4) is 5.75 Å². The van der Waals surface area contributed by atoms with Crippen LogP contribution in [0.5, 0.6) is 5.75 Å². The molecule has 0 aromatic heterocycles. The average molecular weight is 270 g/mol. The van der Waals surface area contributed by atoms with Crippen molar-refractivity contribution in [2.24, 2.45) is 0 Å². The molecule has 1 aromatic carbocycles. The first-order valence-electron chi connectivity index (χ1n) is 4.44. The van der Waals surface area contributed by atoms with E-state index in [9.17, 15) is 4.79 Å². The molecule has 0 saturated heterocycles. The van der Waals surface area contributed by atoms with E-state index < -0.39 is 0 Å². The van der Waals surface area contributed by atoms with Gasteiger partial charge in [0.15, 0.2) is 0 Å². The van der Waals surface area contributed by atoms with Crippen LogP contribution < -0.4 is 10.1 Å². The van der Waals surface area contributed by atoms with Crippen molar-refractivity contribution in [3.63, 3.8) is 0 Å². The first-order chi connectivity index (χ1) is 7.17. The van der Waals surface area contributed by atoms with Crippen LogP contribution in [-0.4, -0.2) is 13.0 Å². The van der Waals surface area contributed by atoms with Gasteiger partial charge in [0.05, 0.1) is 12.8 Å². The molecule has 0 aliphatic carbocycles. The fourth-order valence-corrected chi connectivity index (χ4v) is 1.46. The summed E-state index contributed by atoms with van der Waals surface area (Å²) in [6.45, 7) is 1.79. The number of nitrogens with one attached hydrogen (secondary N) is 1. The number of allylic oxidation sites excluding steroid dienone is 1. The number of hydrogen-bond acceptors (Lipinski definition) is 2. The highest BCUT2D eigenvalue weighted by molar-refractivity contribution is 9.10. The maximum atomic E-state index is 11.3. The number of benzene rings is 1. The topological polar surface area (TPSA) is 38.3 Å². The van der Waals surface area contributed by atoms with Gasteiger partial charge in [-0.15, -0.1) is 0 Å². The Morgan fingerprint density at radius 3 is 2.87 bits per heavy atom. The van der Waals surface area contributed by atoms with Gasteiger partial charge in [-0.1, -0.05) is 22.0 Å². The number of carbonyl (C=O) groups is 1. The Morgan fingerprint density at radius 1 is 1.53 bits per heavy atom. The van der Waals surface area contributed by atoms with E-state index in [1.54, 1.807) is 32.2 Å². The van der Waals surface area contributed by atoms with Gasteiger partial charge in [-0.05, 0) is 31.2 Å². The summed E-state index contributed by atoms with van der Waals surface area (Å²) in [4.78, 5) is 11.3. The summed E-state index contributed by atoms with van der Waals surface area (Å²) in [5.41, 5.74) is 0.648. The number of halogens is 1. The van der Waals surface area contributed by atoms with E-state index in [4.69, 9.17) is 4.74 Å². The molecule has 80 valence electrons. The average Bonchev–Trinajstić information content (AvgIpc) is 2.18. The van der Waals surface area contributed by atoms with E-state index in [0.717, 1.165) is 4.47 Å². The lowest BCUT2D eigenvalue weighted by molar-refractivity contribution is -0.111. The number of methoxy groups -OCH3 is 1. The van der Waals surface area contributed by atoms with Crippen LogP contribution in [0.15, 0.2) is 34.8 Å². The number of rotatable bonds is 3. The molecule has 15 heavy (non-hydrogen) atoms. The summed E-state index contributed by atoms with van der Waals surface area (Å²) in [5, 5.41) is 2.72. The van der Waals surface area contributed by atoms with Gasteiger partial charge in [0.1, 0.15) is 5.75 Å². The lowest BCUT2D eigenvalue weighted by Crippen LogP contribution is -2.08. The zero-order valence-corrected chi connectivity index (χ0v) is 10.2. The molecule has 0 heterocycles. The van der Waals surface area contributed by atoms with Crippen LogP contribution in [0.2, 0.25) is 0 Å². The summed E-state index contributed by atoms with van der Waals surface area (Å²) in [6.07, 6.45) is 3.14. The number of carbonyl (C=O) groups excluding carboxylic acids is 1. The van der Waals surface area contributed by atoms with Gasteiger partial charge in [-0.25, -0.2) is 0 Å². The molecule has 3 nitrogen and oxygen atoms in total. The fraction of sp³-hybridized carbons (Fsp3) is 0.182. The molecule has 0 spiro atoms. The SMILES string of the molecule is CC=CC(=O)Nc1cc(Br)ccc1OC. The van der Waals surface area contributed by atoms with E-state index in [1.807, 2.05) is 6.07 Å². The predicted molar refractivity (Wildman–Crippen MR) is 64.1 cm³/mol. The number of anilines is 1. The van der Waals surface area contributed by atoms with Gasteiger partial charge in [-0.3, -0.25) is 4.79 Å². The maximum absolute atomic E-state index is 11.3. The van der Waals surface area contributed by atoms with Gasteiger partial charge in [0.25, 0.3) is 0 Å². The minimum absolute atomic E-state index is 0.172. The minimum atomic E-state index is -0.172. The number of hydrogen-bond donors (Lipinski definition) is 1. The molecule has 1 N–H and O–H groups in total. The van der Waals surface area contributed by atoms with Gasteiger partial charge in [0, 0.05) is 4.47 Å². The normalized spacial score (nSPS) is 10.3. The smallest absolute Gasteiger partial charge is 0.248 e. The standard InChI is InChI=1S/C11H12BrNO2/c1-3-4-11(14)13-9-7-8(12)5-6-10(9)15-2/h3-7H,1-2H3,(H,13,14). The highest BCUT2D eigenvalue weighted by Crippen LogP contribution is 2.27. The molecule has 0 radical (unpaired) electrons.